The van der Waals surface area contributed by atoms with E-state index in [0.717, 1.165) is 36.2 Å². The lowest BCUT2D eigenvalue weighted by atomic mass is 9.92. The number of hydrogen-bond donors (Lipinski definition) is 0. The molecule has 2 aromatic carbocycles. The lowest BCUT2D eigenvalue weighted by Gasteiger charge is -2.24. The fourth-order valence-electron chi connectivity index (χ4n) is 5.26. The van der Waals surface area contributed by atoms with Crippen LogP contribution in [0.1, 0.15) is 41.8 Å². The second-order valence-electron chi connectivity index (χ2n) is 9.51. The molecule has 0 unspecified atom stereocenters. The number of thiophene rings is 1. The van der Waals surface area contributed by atoms with Gasteiger partial charge in [0.25, 0.3) is 0 Å². The summed E-state index contributed by atoms with van der Waals surface area (Å²) >= 11 is 1.69. The highest BCUT2D eigenvalue weighted by molar-refractivity contribution is 7.17. The van der Waals surface area contributed by atoms with E-state index in [-0.39, 0.29) is 24.7 Å². The summed E-state index contributed by atoms with van der Waals surface area (Å²) in [7, 11) is 1.80. The maximum Gasteiger partial charge on any atom is 0.230 e. The second kappa shape index (κ2) is 10.2. The van der Waals surface area contributed by atoms with E-state index >= 15 is 0 Å². The Kier molecular flexibility index (Phi) is 6.82. The van der Waals surface area contributed by atoms with E-state index in [0.29, 0.717) is 6.42 Å². The minimum absolute atomic E-state index is 0.0292. The van der Waals surface area contributed by atoms with Crippen molar-refractivity contribution in [2.24, 2.45) is 5.92 Å². The number of Topliss-reactive ketones (excluding diaryl/α,β-unsaturated/α-hetero) is 1. The molecule has 5 nitrogen and oxygen atoms in total. The number of carbonyl (C=O) groups is 2. The van der Waals surface area contributed by atoms with E-state index in [1.807, 2.05) is 54.1 Å². The van der Waals surface area contributed by atoms with Crippen LogP contribution in [0.4, 0.5) is 5.69 Å². The van der Waals surface area contributed by atoms with E-state index in [1.54, 1.807) is 23.3 Å². The Labute approximate surface area is 210 Å². The minimum Gasteiger partial charge on any atom is -0.315 e. The zero-order valence-electron chi connectivity index (χ0n) is 20.4. The van der Waals surface area contributed by atoms with Gasteiger partial charge < -0.3 is 4.90 Å². The van der Waals surface area contributed by atoms with Gasteiger partial charge in [0.1, 0.15) is 0 Å². The SMILES string of the molecule is Cc1nn(CC(=O)C[C@@H](Cc2csc3ccccc23)C(=O)N(C)c2ccccc2)c2c1CCCC2. The zero-order valence-corrected chi connectivity index (χ0v) is 21.2. The molecule has 4 aromatic rings. The number of ketones is 1. The monoisotopic (exact) mass is 485 g/mol. The smallest absolute Gasteiger partial charge is 0.230 e. The Morgan fingerprint density at radius 3 is 2.63 bits per heavy atom. The van der Waals surface area contributed by atoms with E-state index < -0.39 is 5.92 Å². The minimum atomic E-state index is -0.432. The van der Waals surface area contributed by atoms with Gasteiger partial charge in [0, 0.05) is 35.5 Å². The first-order chi connectivity index (χ1) is 17.0. The molecule has 1 aliphatic rings. The van der Waals surface area contributed by atoms with Crippen LogP contribution in [0.2, 0.25) is 0 Å². The Hall–Kier alpha value is -3.25. The molecule has 1 amide bonds. The lowest BCUT2D eigenvalue weighted by molar-refractivity contribution is -0.127. The van der Waals surface area contributed by atoms with Crippen molar-refractivity contribution in [3.8, 4) is 0 Å². The van der Waals surface area contributed by atoms with Crippen LogP contribution in [0.5, 0.6) is 0 Å². The lowest BCUT2D eigenvalue weighted by Crippen LogP contribution is -2.35. The van der Waals surface area contributed by atoms with Crippen LogP contribution in [0, 0.1) is 12.8 Å². The van der Waals surface area contributed by atoms with Crippen LogP contribution >= 0.6 is 11.3 Å². The number of para-hydroxylation sites is 1. The van der Waals surface area contributed by atoms with Crippen LogP contribution in [-0.4, -0.2) is 28.5 Å². The molecule has 0 saturated carbocycles. The van der Waals surface area contributed by atoms with Gasteiger partial charge in [-0.25, -0.2) is 0 Å². The van der Waals surface area contributed by atoms with Gasteiger partial charge in [-0.1, -0.05) is 36.4 Å². The molecule has 0 bridgehead atoms. The van der Waals surface area contributed by atoms with Crippen LogP contribution in [-0.2, 0) is 35.4 Å². The number of rotatable bonds is 8. The fourth-order valence-corrected chi connectivity index (χ4v) is 6.23. The molecule has 1 aliphatic carbocycles. The molecule has 35 heavy (non-hydrogen) atoms. The first-order valence-electron chi connectivity index (χ1n) is 12.4. The van der Waals surface area contributed by atoms with Crippen molar-refractivity contribution in [3.05, 3.63) is 82.5 Å². The predicted molar refractivity (Wildman–Crippen MR) is 142 cm³/mol. The van der Waals surface area contributed by atoms with Crippen molar-refractivity contribution in [3.63, 3.8) is 0 Å². The van der Waals surface area contributed by atoms with Gasteiger partial charge in [-0.05, 0) is 79.1 Å². The van der Waals surface area contributed by atoms with Gasteiger partial charge in [0.2, 0.25) is 5.91 Å². The number of nitrogens with zero attached hydrogens (tertiary/aromatic N) is 3. The number of hydrogen-bond acceptors (Lipinski definition) is 4. The van der Waals surface area contributed by atoms with Gasteiger partial charge in [-0.2, -0.15) is 5.10 Å². The second-order valence-corrected chi connectivity index (χ2v) is 10.4. The summed E-state index contributed by atoms with van der Waals surface area (Å²) in [6.07, 6.45) is 5.09. The maximum atomic E-state index is 13.7. The number of benzene rings is 2. The molecule has 0 radical (unpaired) electrons. The maximum absolute atomic E-state index is 13.7. The molecule has 2 heterocycles. The largest absolute Gasteiger partial charge is 0.315 e. The van der Waals surface area contributed by atoms with Crippen molar-refractivity contribution in [1.29, 1.82) is 0 Å². The fraction of sp³-hybridized carbons (Fsp3) is 0.345. The van der Waals surface area contributed by atoms with Crippen LogP contribution in [0.3, 0.4) is 0 Å². The van der Waals surface area contributed by atoms with Gasteiger partial charge in [0.05, 0.1) is 12.2 Å². The van der Waals surface area contributed by atoms with E-state index in [9.17, 15) is 9.59 Å². The van der Waals surface area contributed by atoms with Gasteiger partial charge in [-0.3, -0.25) is 14.3 Å². The first kappa shape index (κ1) is 23.5. The first-order valence-corrected chi connectivity index (χ1v) is 13.2. The topological polar surface area (TPSA) is 55.2 Å². The standard InChI is InChI=1S/C29H31N3O2S/c1-20-25-12-6-8-14-27(25)32(30-20)18-24(33)17-21(29(34)31(2)23-10-4-3-5-11-23)16-22-19-35-28-15-9-7-13-26(22)28/h3-5,7,9-11,13,15,19,21H,6,8,12,14,16-18H2,1-2H3/t21-/m1/s1. The number of amides is 1. The summed E-state index contributed by atoms with van der Waals surface area (Å²) in [6, 6.07) is 17.9. The Morgan fingerprint density at radius 2 is 1.80 bits per heavy atom. The third kappa shape index (κ3) is 4.94. The Bertz CT molecular complexity index is 1360. The highest BCUT2D eigenvalue weighted by Crippen LogP contribution is 2.30. The summed E-state index contributed by atoms with van der Waals surface area (Å²) in [5.74, 6) is -0.406. The zero-order chi connectivity index (χ0) is 24.4. The van der Waals surface area contributed by atoms with Crippen LogP contribution in [0.25, 0.3) is 10.1 Å². The van der Waals surface area contributed by atoms with Gasteiger partial charge >= 0.3 is 0 Å². The summed E-state index contributed by atoms with van der Waals surface area (Å²) in [6.45, 7) is 2.27. The highest BCUT2D eigenvalue weighted by Gasteiger charge is 2.28. The molecule has 5 rings (SSSR count). The molecule has 1 atom stereocenters. The third-order valence-corrected chi connectivity index (χ3v) is 8.12. The van der Waals surface area contributed by atoms with Gasteiger partial charge in [0.15, 0.2) is 5.78 Å². The normalized spacial score (nSPS) is 14.0. The van der Waals surface area contributed by atoms with E-state index in [1.165, 1.54) is 27.8 Å². The summed E-state index contributed by atoms with van der Waals surface area (Å²) in [5.41, 5.74) is 5.52. The van der Waals surface area contributed by atoms with Crippen molar-refractivity contribution < 1.29 is 9.59 Å². The number of anilines is 1. The molecule has 0 fully saturated rings. The summed E-state index contributed by atoms with van der Waals surface area (Å²) in [5, 5.41) is 7.98. The number of fused-ring (bicyclic) bond motifs is 2. The molecule has 0 aliphatic heterocycles. The molecule has 0 N–H and O–H groups in total. The third-order valence-electron chi connectivity index (χ3n) is 7.11. The molecular formula is C29H31N3O2S. The van der Waals surface area contributed by atoms with Crippen molar-refractivity contribution in [2.45, 2.75) is 52.0 Å². The molecule has 6 heteroatoms. The van der Waals surface area contributed by atoms with Gasteiger partial charge in [-0.15, -0.1) is 11.3 Å². The van der Waals surface area contributed by atoms with Crippen molar-refractivity contribution in [2.75, 3.05) is 11.9 Å². The average Bonchev–Trinajstić information content (AvgIpc) is 3.44. The predicted octanol–water partition coefficient (Wildman–Crippen LogP) is 5.77. The highest BCUT2D eigenvalue weighted by atomic mass is 32.1. The van der Waals surface area contributed by atoms with E-state index in [2.05, 4.69) is 22.6 Å². The summed E-state index contributed by atoms with van der Waals surface area (Å²) < 4.78 is 3.10. The molecular weight excluding hydrogens is 454 g/mol. The van der Waals surface area contributed by atoms with Crippen molar-refractivity contribution >= 4 is 38.8 Å². The molecule has 0 spiro atoms. The number of aromatic nitrogens is 2. The Balaban J connectivity index is 1.39. The van der Waals surface area contributed by atoms with Crippen LogP contribution in [0.15, 0.2) is 60.0 Å². The molecule has 180 valence electrons. The van der Waals surface area contributed by atoms with E-state index in [4.69, 9.17) is 0 Å². The molecule has 2 aromatic heterocycles. The number of carbonyl (C=O) groups excluding carboxylic acids is 2. The quantitative estimate of drug-likeness (QED) is 0.319. The van der Waals surface area contributed by atoms with Crippen LogP contribution < -0.4 is 4.90 Å². The molecule has 0 saturated heterocycles. The Morgan fingerprint density at radius 1 is 1.06 bits per heavy atom. The van der Waals surface area contributed by atoms with Crippen molar-refractivity contribution in [1.82, 2.24) is 9.78 Å². The average molecular weight is 486 g/mol. The number of aryl methyl sites for hydroxylation is 1. The summed E-state index contributed by atoms with van der Waals surface area (Å²) in [4.78, 5) is 28.7.